The number of carboxylic acid groups (broad SMARTS) is 1. The predicted molar refractivity (Wildman–Crippen MR) is 132 cm³/mol. The normalized spacial score (nSPS) is 19.4. The molecule has 3 unspecified atom stereocenters. The van der Waals surface area contributed by atoms with Crippen LogP contribution in [0.25, 0.3) is 0 Å². The number of hydrogen-bond donors (Lipinski definition) is 1. The van der Waals surface area contributed by atoms with Crippen molar-refractivity contribution in [1.29, 1.82) is 0 Å². The van der Waals surface area contributed by atoms with Crippen molar-refractivity contribution < 1.29 is 23.9 Å². The number of halogens is 1. The number of benzene rings is 1. The van der Waals surface area contributed by atoms with Crippen LogP contribution >= 0.6 is 11.3 Å². The Balaban J connectivity index is 1.75. The SMILES string of the molecule is CC1CN(C(=O)N(C)C)C(C(=O)O)C1c1nc(N(C)Cc2ccc(F)cc2)n(C(=O)c2ccsc2)n1. The van der Waals surface area contributed by atoms with Gasteiger partial charge in [0.05, 0.1) is 11.5 Å². The quantitative estimate of drug-likeness (QED) is 0.538. The molecule has 3 atom stereocenters. The fourth-order valence-electron chi connectivity index (χ4n) is 4.47. The van der Waals surface area contributed by atoms with E-state index in [1.807, 2.05) is 6.92 Å². The molecular formula is C24H27FN6O4S. The van der Waals surface area contributed by atoms with Crippen LogP contribution in [-0.2, 0) is 11.3 Å². The van der Waals surface area contributed by atoms with E-state index in [9.17, 15) is 23.9 Å². The molecule has 0 aliphatic carbocycles. The third-order valence-electron chi connectivity index (χ3n) is 6.19. The molecule has 190 valence electrons. The largest absolute Gasteiger partial charge is 0.480 e. The van der Waals surface area contributed by atoms with Gasteiger partial charge in [-0.05, 0) is 35.1 Å². The summed E-state index contributed by atoms with van der Waals surface area (Å²) < 4.78 is 14.5. The molecule has 1 N–H and O–H groups in total. The van der Waals surface area contributed by atoms with E-state index >= 15 is 0 Å². The van der Waals surface area contributed by atoms with Gasteiger partial charge in [0.25, 0.3) is 5.91 Å². The Bertz CT molecular complexity index is 1260. The van der Waals surface area contributed by atoms with Gasteiger partial charge >= 0.3 is 12.0 Å². The number of amides is 2. The minimum Gasteiger partial charge on any atom is -0.480 e. The van der Waals surface area contributed by atoms with Crippen LogP contribution in [0.1, 0.15) is 34.6 Å². The van der Waals surface area contributed by atoms with Crippen molar-refractivity contribution in [3.63, 3.8) is 0 Å². The minimum atomic E-state index is -1.18. The maximum Gasteiger partial charge on any atom is 0.327 e. The fourth-order valence-corrected chi connectivity index (χ4v) is 5.10. The van der Waals surface area contributed by atoms with Crippen molar-refractivity contribution in [2.45, 2.75) is 25.4 Å². The topological polar surface area (TPSA) is 112 Å². The molecule has 0 radical (unpaired) electrons. The summed E-state index contributed by atoms with van der Waals surface area (Å²) >= 11 is 1.37. The number of aliphatic carboxylic acids is 1. The molecule has 1 aromatic carbocycles. The average molecular weight is 515 g/mol. The number of urea groups is 1. The maximum absolute atomic E-state index is 13.4. The molecule has 0 spiro atoms. The van der Waals surface area contributed by atoms with Gasteiger partial charge in [0.2, 0.25) is 5.95 Å². The summed E-state index contributed by atoms with van der Waals surface area (Å²) in [4.78, 5) is 47.3. The van der Waals surface area contributed by atoms with Crippen LogP contribution < -0.4 is 4.90 Å². The summed E-state index contributed by atoms with van der Waals surface area (Å²) in [6.45, 7) is 2.36. The standard InChI is InChI=1S/C24H27FN6O4S/c1-14-11-30(24(35)28(2)3)19(22(33)34)18(14)20-26-23(29(4)12-15-5-7-17(25)8-6-15)31(27-20)21(32)16-9-10-36-13-16/h5-10,13-14,18-19H,11-12H2,1-4H3,(H,33,34). The first-order valence-corrected chi connectivity index (χ1v) is 12.2. The third-order valence-corrected chi connectivity index (χ3v) is 6.88. The summed E-state index contributed by atoms with van der Waals surface area (Å²) in [6, 6.07) is 6.05. The third kappa shape index (κ3) is 4.81. The Morgan fingerprint density at radius 2 is 1.86 bits per heavy atom. The molecule has 3 heterocycles. The first-order chi connectivity index (χ1) is 17.1. The highest BCUT2D eigenvalue weighted by molar-refractivity contribution is 7.08. The molecule has 2 amide bonds. The monoisotopic (exact) mass is 514 g/mol. The summed E-state index contributed by atoms with van der Waals surface area (Å²) in [5.41, 5.74) is 1.21. The number of likely N-dealkylation sites (tertiary alicyclic amines) is 1. The van der Waals surface area contributed by atoms with E-state index in [2.05, 4.69) is 10.1 Å². The number of thiophene rings is 1. The number of rotatable bonds is 6. The minimum absolute atomic E-state index is 0.175. The molecule has 1 aliphatic rings. The van der Waals surface area contributed by atoms with Gasteiger partial charge in [-0.3, -0.25) is 4.79 Å². The maximum atomic E-state index is 13.4. The van der Waals surface area contributed by atoms with Crippen molar-refractivity contribution in [2.75, 3.05) is 32.6 Å². The average Bonchev–Trinajstić information content (AvgIpc) is 3.58. The van der Waals surface area contributed by atoms with E-state index in [1.165, 1.54) is 38.0 Å². The van der Waals surface area contributed by atoms with Crippen LogP contribution in [0.3, 0.4) is 0 Å². The number of nitrogens with zero attached hydrogens (tertiary/aromatic N) is 6. The second-order valence-electron chi connectivity index (χ2n) is 9.10. The second-order valence-corrected chi connectivity index (χ2v) is 9.88. The molecule has 10 nitrogen and oxygen atoms in total. The number of aromatic nitrogens is 3. The zero-order chi connectivity index (χ0) is 26.1. The van der Waals surface area contributed by atoms with E-state index < -0.39 is 29.9 Å². The van der Waals surface area contributed by atoms with E-state index in [1.54, 1.807) is 55.0 Å². The van der Waals surface area contributed by atoms with Crippen molar-refractivity contribution >= 4 is 35.2 Å². The van der Waals surface area contributed by atoms with Gasteiger partial charge in [-0.25, -0.2) is 14.0 Å². The highest BCUT2D eigenvalue weighted by Gasteiger charge is 2.49. The van der Waals surface area contributed by atoms with Crippen molar-refractivity contribution in [2.24, 2.45) is 5.92 Å². The van der Waals surface area contributed by atoms with E-state index in [4.69, 9.17) is 0 Å². The lowest BCUT2D eigenvalue weighted by atomic mass is 9.91. The van der Waals surface area contributed by atoms with Crippen LogP contribution in [0.4, 0.5) is 15.1 Å². The first kappa shape index (κ1) is 25.3. The summed E-state index contributed by atoms with van der Waals surface area (Å²) in [5, 5.41) is 18.0. The van der Waals surface area contributed by atoms with Gasteiger partial charge in [-0.1, -0.05) is 19.1 Å². The zero-order valence-corrected chi connectivity index (χ0v) is 21.1. The number of carbonyl (C=O) groups is 3. The lowest BCUT2D eigenvalue weighted by Gasteiger charge is -2.26. The van der Waals surface area contributed by atoms with Gasteiger partial charge < -0.3 is 19.8 Å². The molecule has 4 rings (SSSR count). The van der Waals surface area contributed by atoms with Gasteiger partial charge in [-0.15, -0.1) is 5.10 Å². The molecule has 0 saturated carbocycles. The number of anilines is 1. The fraction of sp³-hybridized carbons (Fsp3) is 0.375. The van der Waals surface area contributed by atoms with Crippen LogP contribution in [0.5, 0.6) is 0 Å². The van der Waals surface area contributed by atoms with Crippen molar-refractivity contribution in [3.05, 3.63) is 63.9 Å². The molecular weight excluding hydrogens is 487 g/mol. The smallest absolute Gasteiger partial charge is 0.327 e. The van der Waals surface area contributed by atoms with Crippen molar-refractivity contribution in [3.8, 4) is 0 Å². The summed E-state index contributed by atoms with van der Waals surface area (Å²) in [5.74, 6) is -2.52. The Labute approximate surface area is 211 Å². The van der Waals surface area contributed by atoms with Crippen LogP contribution in [-0.4, -0.2) is 81.3 Å². The Morgan fingerprint density at radius 3 is 2.44 bits per heavy atom. The van der Waals surface area contributed by atoms with Crippen molar-refractivity contribution in [1.82, 2.24) is 24.6 Å². The molecule has 1 saturated heterocycles. The molecule has 12 heteroatoms. The van der Waals surface area contributed by atoms with Gasteiger partial charge in [0.1, 0.15) is 11.9 Å². The van der Waals surface area contributed by atoms with Crippen LogP contribution in [0.15, 0.2) is 41.1 Å². The zero-order valence-electron chi connectivity index (χ0n) is 20.3. The summed E-state index contributed by atoms with van der Waals surface area (Å²) in [7, 11) is 4.85. The Kier molecular flexibility index (Phi) is 7.07. The van der Waals surface area contributed by atoms with E-state index in [0.29, 0.717) is 12.1 Å². The number of carbonyl (C=O) groups excluding carboxylic acids is 2. The number of hydrogen-bond acceptors (Lipinski definition) is 7. The van der Waals surface area contributed by atoms with E-state index in [-0.39, 0.29) is 30.1 Å². The molecule has 1 aliphatic heterocycles. The first-order valence-electron chi connectivity index (χ1n) is 11.3. The lowest BCUT2D eigenvalue weighted by molar-refractivity contribution is -0.142. The summed E-state index contributed by atoms with van der Waals surface area (Å²) in [6.07, 6.45) is 0. The molecule has 1 fully saturated rings. The molecule has 2 aromatic heterocycles. The molecule has 3 aromatic rings. The van der Waals surface area contributed by atoms with Gasteiger partial charge in [0, 0.05) is 39.6 Å². The highest BCUT2D eigenvalue weighted by atomic mass is 32.1. The Morgan fingerprint density at radius 1 is 1.17 bits per heavy atom. The lowest BCUT2D eigenvalue weighted by Crippen LogP contribution is -2.47. The van der Waals surface area contributed by atoms with E-state index in [0.717, 1.165) is 5.56 Å². The van der Waals surface area contributed by atoms with Gasteiger partial charge in [-0.2, -0.15) is 21.0 Å². The predicted octanol–water partition coefficient (Wildman–Crippen LogP) is 2.97. The highest BCUT2D eigenvalue weighted by Crippen LogP contribution is 2.38. The molecule has 36 heavy (non-hydrogen) atoms. The second kappa shape index (κ2) is 10.1. The van der Waals surface area contributed by atoms with Crippen LogP contribution in [0, 0.1) is 11.7 Å². The number of carboxylic acids is 1. The van der Waals surface area contributed by atoms with Crippen LogP contribution in [0.2, 0.25) is 0 Å². The van der Waals surface area contributed by atoms with Gasteiger partial charge in [0.15, 0.2) is 5.82 Å². The Hall–Kier alpha value is -3.80. The molecule has 0 bridgehead atoms.